The molecular formula is C16H23ClN2O2. The van der Waals surface area contributed by atoms with Gasteiger partial charge in [0.2, 0.25) is 0 Å². The lowest BCUT2D eigenvalue weighted by Gasteiger charge is -2.40. The minimum Gasteiger partial charge on any atom is -0.368 e. The van der Waals surface area contributed by atoms with Crippen molar-refractivity contribution in [1.82, 2.24) is 10.2 Å². The highest BCUT2D eigenvalue weighted by atomic mass is 35.5. The third kappa shape index (κ3) is 3.07. The van der Waals surface area contributed by atoms with Gasteiger partial charge in [-0.05, 0) is 43.5 Å². The van der Waals surface area contributed by atoms with Crippen LogP contribution in [0.3, 0.4) is 0 Å². The van der Waals surface area contributed by atoms with Gasteiger partial charge in [-0.3, -0.25) is 4.79 Å². The summed E-state index contributed by atoms with van der Waals surface area (Å²) in [6.07, 6.45) is 2.47. The molecule has 0 unspecified atom stereocenters. The number of benzene rings is 1. The summed E-state index contributed by atoms with van der Waals surface area (Å²) in [5, 5.41) is 3.30. The van der Waals surface area contributed by atoms with Crippen LogP contribution in [0.1, 0.15) is 24.0 Å². The van der Waals surface area contributed by atoms with Crippen LogP contribution in [-0.2, 0) is 22.5 Å². The van der Waals surface area contributed by atoms with Crippen LogP contribution in [0, 0.1) is 0 Å². The number of halogens is 1. The van der Waals surface area contributed by atoms with Crippen LogP contribution >= 0.6 is 12.4 Å². The van der Waals surface area contributed by atoms with Crippen molar-refractivity contribution in [3.63, 3.8) is 0 Å². The van der Waals surface area contributed by atoms with Crippen molar-refractivity contribution in [2.75, 3.05) is 26.7 Å². The number of nitrogens with zero attached hydrogens (tertiary/aromatic N) is 1. The maximum atomic E-state index is 12.9. The molecule has 0 radical (unpaired) electrons. The standard InChI is InChI=1S/C16H22N2O2.ClH/c1-20-16(7-9-17-10-8-16)15(19)18-11-6-13-4-2-3-5-14(13)12-18;/h2-5,17H,6-12H2,1H3;1H. The molecule has 2 aliphatic rings. The zero-order valence-corrected chi connectivity index (χ0v) is 13.2. The molecule has 21 heavy (non-hydrogen) atoms. The van der Waals surface area contributed by atoms with E-state index in [-0.39, 0.29) is 18.3 Å². The number of nitrogens with one attached hydrogen (secondary N) is 1. The van der Waals surface area contributed by atoms with E-state index in [2.05, 4.69) is 23.5 Å². The first-order valence-electron chi connectivity index (χ1n) is 7.37. The molecule has 5 heteroatoms. The highest BCUT2D eigenvalue weighted by Gasteiger charge is 2.42. The van der Waals surface area contributed by atoms with Gasteiger partial charge in [-0.15, -0.1) is 12.4 Å². The van der Waals surface area contributed by atoms with Crippen molar-refractivity contribution in [1.29, 1.82) is 0 Å². The molecule has 1 saturated heterocycles. The third-order valence-electron chi connectivity index (χ3n) is 4.61. The van der Waals surface area contributed by atoms with E-state index >= 15 is 0 Å². The molecule has 1 fully saturated rings. The van der Waals surface area contributed by atoms with Crippen LogP contribution in [-0.4, -0.2) is 43.2 Å². The Hall–Kier alpha value is -1.10. The maximum Gasteiger partial charge on any atom is 0.255 e. The summed E-state index contributed by atoms with van der Waals surface area (Å²) in [6.45, 7) is 3.22. The SMILES string of the molecule is COC1(C(=O)N2CCc3ccccc3C2)CCNCC1.Cl. The van der Waals surface area contributed by atoms with Gasteiger partial charge in [-0.1, -0.05) is 24.3 Å². The number of methoxy groups -OCH3 is 1. The molecule has 1 aromatic carbocycles. The Labute approximate surface area is 132 Å². The Kier molecular flexibility index (Phi) is 5.25. The van der Waals surface area contributed by atoms with Crippen molar-refractivity contribution in [3.8, 4) is 0 Å². The Bertz CT molecular complexity index is 501. The van der Waals surface area contributed by atoms with Gasteiger partial charge in [-0.2, -0.15) is 0 Å². The molecule has 0 atom stereocenters. The molecule has 3 rings (SSSR count). The molecule has 2 aliphatic heterocycles. The second kappa shape index (κ2) is 6.77. The third-order valence-corrected chi connectivity index (χ3v) is 4.61. The molecule has 1 amide bonds. The van der Waals surface area contributed by atoms with E-state index in [1.54, 1.807) is 7.11 Å². The molecule has 116 valence electrons. The van der Waals surface area contributed by atoms with Crippen LogP contribution in [0.15, 0.2) is 24.3 Å². The summed E-state index contributed by atoms with van der Waals surface area (Å²) in [5.41, 5.74) is 2.03. The molecule has 1 aromatic rings. The second-order valence-electron chi connectivity index (χ2n) is 5.69. The first kappa shape index (κ1) is 16.3. The zero-order chi connectivity index (χ0) is 14.0. The van der Waals surface area contributed by atoms with E-state index in [0.29, 0.717) is 6.54 Å². The average Bonchev–Trinajstić information content (AvgIpc) is 2.54. The van der Waals surface area contributed by atoms with Crippen LogP contribution in [0.5, 0.6) is 0 Å². The van der Waals surface area contributed by atoms with Crippen molar-refractivity contribution in [2.45, 2.75) is 31.4 Å². The van der Waals surface area contributed by atoms with Crippen LogP contribution in [0.4, 0.5) is 0 Å². The largest absolute Gasteiger partial charge is 0.368 e. The van der Waals surface area contributed by atoms with Crippen LogP contribution < -0.4 is 5.32 Å². The van der Waals surface area contributed by atoms with Gasteiger partial charge in [0.25, 0.3) is 5.91 Å². The molecule has 2 heterocycles. The summed E-state index contributed by atoms with van der Waals surface area (Å²) >= 11 is 0. The van der Waals surface area contributed by atoms with Gasteiger partial charge in [0, 0.05) is 20.2 Å². The number of carbonyl (C=O) groups is 1. The molecule has 0 bridgehead atoms. The Morgan fingerprint density at radius 3 is 2.57 bits per heavy atom. The summed E-state index contributed by atoms with van der Waals surface area (Å²) in [6, 6.07) is 8.40. The van der Waals surface area contributed by atoms with E-state index < -0.39 is 5.60 Å². The van der Waals surface area contributed by atoms with Crippen molar-refractivity contribution >= 4 is 18.3 Å². The number of rotatable bonds is 2. The number of piperidine rings is 1. The highest BCUT2D eigenvalue weighted by Crippen LogP contribution is 2.28. The topological polar surface area (TPSA) is 41.6 Å². The maximum absolute atomic E-state index is 12.9. The lowest BCUT2D eigenvalue weighted by Crippen LogP contribution is -2.56. The molecule has 0 aromatic heterocycles. The van der Waals surface area contributed by atoms with Gasteiger partial charge in [0.05, 0.1) is 0 Å². The number of fused-ring (bicyclic) bond motifs is 1. The second-order valence-corrected chi connectivity index (χ2v) is 5.69. The number of hydrogen-bond acceptors (Lipinski definition) is 3. The smallest absolute Gasteiger partial charge is 0.255 e. The summed E-state index contributed by atoms with van der Waals surface area (Å²) in [7, 11) is 1.67. The van der Waals surface area contributed by atoms with Crippen LogP contribution in [0.2, 0.25) is 0 Å². The summed E-state index contributed by atoms with van der Waals surface area (Å²) in [5.74, 6) is 0.163. The minimum absolute atomic E-state index is 0. The number of ether oxygens (including phenoxy) is 1. The first-order chi connectivity index (χ1) is 9.75. The van der Waals surface area contributed by atoms with Gasteiger partial charge < -0.3 is 15.0 Å². The molecule has 0 saturated carbocycles. The fraction of sp³-hybridized carbons (Fsp3) is 0.562. The monoisotopic (exact) mass is 310 g/mol. The number of carbonyl (C=O) groups excluding carboxylic acids is 1. The van der Waals surface area contributed by atoms with E-state index in [9.17, 15) is 4.79 Å². The average molecular weight is 311 g/mol. The minimum atomic E-state index is -0.614. The lowest BCUT2D eigenvalue weighted by molar-refractivity contribution is -0.159. The number of amides is 1. The molecule has 0 aliphatic carbocycles. The number of hydrogen-bond donors (Lipinski definition) is 1. The first-order valence-corrected chi connectivity index (χ1v) is 7.37. The highest BCUT2D eigenvalue weighted by molar-refractivity contribution is 5.86. The summed E-state index contributed by atoms with van der Waals surface area (Å²) < 4.78 is 5.65. The van der Waals surface area contributed by atoms with E-state index in [1.165, 1.54) is 11.1 Å². The van der Waals surface area contributed by atoms with E-state index in [1.807, 2.05) is 11.0 Å². The molecule has 4 nitrogen and oxygen atoms in total. The lowest BCUT2D eigenvalue weighted by atomic mass is 9.89. The molecule has 0 spiro atoms. The van der Waals surface area contributed by atoms with Crippen molar-refractivity contribution in [2.24, 2.45) is 0 Å². The van der Waals surface area contributed by atoms with Crippen molar-refractivity contribution in [3.05, 3.63) is 35.4 Å². The zero-order valence-electron chi connectivity index (χ0n) is 12.4. The van der Waals surface area contributed by atoms with Gasteiger partial charge in [0.1, 0.15) is 5.60 Å². The van der Waals surface area contributed by atoms with Gasteiger partial charge in [-0.25, -0.2) is 0 Å². The Morgan fingerprint density at radius 2 is 1.90 bits per heavy atom. The van der Waals surface area contributed by atoms with Gasteiger partial charge >= 0.3 is 0 Å². The Morgan fingerprint density at radius 1 is 1.24 bits per heavy atom. The Balaban J connectivity index is 0.00000161. The van der Waals surface area contributed by atoms with Crippen LogP contribution in [0.25, 0.3) is 0 Å². The fourth-order valence-electron chi connectivity index (χ4n) is 3.29. The predicted octanol–water partition coefficient (Wildman–Crippen LogP) is 1.76. The normalized spacial score (nSPS) is 20.3. The summed E-state index contributed by atoms with van der Waals surface area (Å²) in [4.78, 5) is 14.9. The quantitative estimate of drug-likeness (QED) is 0.905. The molecular weight excluding hydrogens is 288 g/mol. The predicted molar refractivity (Wildman–Crippen MR) is 84.7 cm³/mol. The fourth-order valence-corrected chi connectivity index (χ4v) is 3.29. The molecule has 1 N–H and O–H groups in total. The van der Waals surface area contributed by atoms with Gasteiger partial charge in [0.15, 0.2) is 0 Å². The van der Waals surface area contributed by atoms with Crippen molar-refractivity contribution < 1.29 is 9.53 Å². The van der Waals surface area contributed by atoms with E-state index in [0.717, 1.165) is 38.9 Å². The van der Waals surface area contributed by atoms with E-state index in [4.69, 9.17) is 4.74 Å².